The van der Waals surface area contributed by atoms with E-state index in [4.69, 9.17) is 26.2 Å². The van der Waals surface area contributed by atoms with Crippen molar-refractivity contribution in [3.05, 3.63) is 59.2 Å². The zero-order valence-electron chi connectivity index (χ0n) is 17.5. The molecule has 1 aromatic heterocycles. The van der Waals surface area contributed by atoms with Gasteiger partial charge < -0.3 is 19.7 Å². The molecular weight excluding hydrogens is 404 g/mol. The third-order valence-corrected chi connectivity index (χ3v) is 4.79. The van der Waals surface area contributed by atoms with Crippen molar-refractivity contribution in [1.82, 2.24) is 20.0 Å². The number of rotatable bonds is 8. The number of carbonyl (C=O) groups excluding carboxylic acids is 1. The fraction of sp³-hybridized carbons (Fsp3) is 0.273. The molecule has 0 bridgehead atoms. The number of amides is 1. The molecule has 0 radical (unpaired) electrons. The van der Waals surface area contributed by atoms with Crippen molar-refractivity contribution in [3.8, 4) is 28.4 Å². The summed E-state index contributed by atoms with van der Waals surface area (Å²) in [5.74, 6) is 1.07. The fourth-order valence-electron chi connectivity index (χ4n) is 2.95. The van der Waals surface area contributed by atoms with E-state index in [-0.39, 0.29) is 5.91 Å². The Morgan fingerprint density at radius 3 is 2.47 bits per heavy atom. The van der Waals surface area contributed by atoms with Crippen LogP contribution in [-0.2, 0) is 0 Å². The van der Waals surface area contributed by atoms with Crippen LogP contribution in [0.15, 0.2) is 48.5 Å². The van der Waals surface area contributed by atoms with Crippen molar-refractivity contribution in [2.75, 3.05) is 41.4 Å². The van der Waals surface area contributed by atoms with E-state index in [0.29, 0.717) is 34.5 Å². The molecule has 8 heteroatoms. The summed E-state index contributed by atoms with van der Waals surface area (Å²) in [5, 5.41) is 8.25. The minimum absolute atomic E-state index is 0.210. The first kappa shape index (κ1) is 21.7. The Kier molecular flexibility index (Phi) is 6.97. The topological polar surface area (TPSA) is 68.6 Å². The normalized spacial score (nSPS) is 10.9. The van der Waals surface area contributed by atoms with E-state index in [1.807, 2.05) is 43.3 Å². The molecule has 0 aliphatic carbocycles. The molecule has 0 spiro atoms. The van der Waals surface area contributed by atoms with E-state index in [2.05, 4.69) is 5.32 Å². The van der Waals surface area contributed by atoms with Crippen LogP contribution < -0.4 is 14.8 Å². The molecule has 7 nitrogen and oxygen atoms in total. The van der Waals surface area contributed by atoms with Crippen LogP contribution in [0.1, 0.15) is 10.5 Å². The zero-order valence-corrected chi connectivity index (χ0v) is 18.2. The molecular formula is C22H25ClN4O3. The summed E-state index contributed by atoms with van der Waals surface area (Å²) >= 11 is 6.03. The standard InChI is InChI=1S/C22H25ClN4O3/c1-26(2)12-11-24-22(28)20-14-19(18-10-9-17(29-3)13-21(18)30-4)25-27(20)16-7-5-15(23)6-8-16/h5-10,13-14H,11-12H2,1-4H3,(H,24,28). The van der Waals surface area contributed by atoms with Gasteiger partial charge in [0, 0.05) is 29.7 Å². The first-order valence-corrected chi connectivity index (χ1v) is 9.82. The zero-order chi connectivity index (χ0) is 21.7. The SMILES string of the molecule is COc1ccc(-c2cc(C(=O)NCCN(C)C)n(-c3ccc(Cl)cc3)n2)c(OC)c1. The van der Waals surface area contributed by atoms with E-state index < -0.39 is 0 Å². The highest BCUT2D eigenvalue weighted by molar-refractivity contribution is 6.30. The van der Waals surface area contributed by atoms with E-state index in [1.54, 1.807) is 43.2 Å². The van der Waals surface area contributed by atoms with Crippen LogP contribution in [0.2, 0.25) is 5.02 Å². The molecule has 158 valence electrons. The molecule has 0 unspecified atom stereocenters. The largest absolute Gasteiger partial charge is 0.497 e. The van der Waals surface area contributed by atoms with E-state index in [0.717, 1.165) is 17.8 Å². The van der Waals surface area contributed by atoms with Gasteiger partial charge in [-0.1, -0.05) is 11.6 Å². The second-order valence-corrected chi connectivity index (χ2v) is 7.36. The molecule has 30 heavy (non-hydrogen) atoms. The second kappa shape index (κ2) is 9.65. The van der Waals surface area contributed by atoms with Crippen LogP contribution in [-0.4, -0.2) is 62.0 Å². The molecule has 0 atom stereocenters. The summed E-state index contributed by atoms with van der Waals surface area (Å²) in [4.78, 5) is 14.9. The van der Waals surface area contributed by atoms with Gasteiger partial charge in [0.2, 0.25) is 0 Å². The lowest BCUT2D eigenvalue weighted by Crippen LogP contribution is -2.32. The van der Waals surface area contributed by atoms with Crippen molar-refractivity contribution < 1.29 is 14.3 Å². The van der Waals surface area contributed by atoms with Crippen molar-refractivity contribution in [2.45, 2.75) is 0 Å². The molecule has 3 aromatic rings. The smallest absolute Gasteiger partial charge is 0.270 e. The van der Waals surface area contributed by atoms with Gasteiger partial charge in [0.25, 0.3) is 5.91 Å². The van der Waals surface area contributed by atoms with Gasteiger partial charge in [0.05, 0.1) is 25.6 Å². The Hall–Kier alpha value is -3.03. The number of ether oxygens (including phenoxy) is 2. The maximum Gasteiger partial charge on any atom is 0.270 e. The lowest BCUT2D eigenvalue weighted by molar-refractivity contribution is 0.0943. The highest BCUT2D eigenvalue weighted by atomic mass is 35.5. The summed E-state index contributed by atoms with van der Waals surface area (Å²) in [7, 11) is 7.10. The summed E-state index contributed by atoms with van der Waals surface area (Å²) in [6, 6.07) is 14.4. The fourth-order valence-corrected chi connectivity index (χ4v) is 3.07. The summed E-state index contributed by atoms with van der Waals surface area (Å²) < 4.78 is 12.4. The molecule has 1 amide bonds. The number of aromatic nitrogens is 2. The summed E-state index contributed by atoms with van der Waals surface area (Å²) in [6.07, 6.45) is 0. The molecule has 3 rings (SSSR count). The number of halogens is 1. The van der Waals surface area contributed by atoms with Crippen LogP contribution in [0, 0.1) is 0 Å². The lowest BCUT2D eigenvalue weighted by atomic mass is 10.1. The van der Waals surface area contributed by atoms with Gasteiger partial charge in [-0.25, -0.2) is 4.68 Å². The number of hydrogen-bond acceptors (Lipinski definition) is 5. The minimum atomic E-state index is -0.210. The average Bonchev–Trinajstić information content (AvgIpc) is 3.18. The molecule has 0 aliphatic rings. The van der Waals surface area contributed by atoms with Crippen molar-refractivity contribution in [3.63, 3.8) is 0 Å². The second-order valence-electron chi connectivity index (χ2n) is 6.93. The van der Waals surface area contributed by atoms with Crippen LogP contribution in [0.25, 0.3) is 16.9 Å². The number of hydrogen-bond donors (Lipinski definition) is 1. The van der Waals surface area contributed by atoms with Crippen molar-refractivity contribution in [1.29, 1.82) is 0 Å². The van der Waals surface area contributed by atoms with E-state index in [9.17, 15) is 4.79 Å². The first-order valence-electron chi connectivity index (χ1n) is 9.44. The Labute approximate surface area is 181 Å². The molecule has 0 aliphatic heterocycles. The Morgan fingerprint density at radius 2 is 1.83 bits per heavy atom. The molecule has 2 aromatic carbocycles. The number of nitrogens with one attached hydrogen (secondary N) is 1. The number of carbonyl (C=O) groups is 1. The van der Waals surface area contributed by atoms with Gasteiger partial charge >= 0.3 is 0 Å². The van der Waals surface area contributed by atoms with Crippen molar-refractivity contribution in [2.24, 2.45) is 0 Å². The Balaban J connectivity index is 2.04. The van der Waals surface area contributed by atoms with Gasteiger partial charge in [0.1, 0.15) is 17.2 Å². The average molecular weight is 429 g/mol. The predicted molar refractivity (Wildman–Crippen MR) is 118 cm³/mol. The number of likely N-dealkylation sites (N-methyl/N-ethyl adjacent to an activating group) is 1. The third-order valence-electron chi connectivity index (χ3n) is 4.54. The van der Waals surface area contributed by atoms with Crippen LogP contribution in [0.4, 0.5) is 0 Å². The van der Waals surface area contributed by atoms with Gasteiger partial charge in [-0.2, -0.15) is 5.10 Å². The maximum absolute atomic E-state index is 12.9. The highest BCUT2D eigenvalue weighted by Crippen LogP contribution is 2.33. The molecule has 0 fully saturated rings. The van der Waals surface area contributed by atoms with Gasteiger partial charge in [-0.3, -0.25) is 4.79 Å². The number of benzene rings is 2. The monoisotopic (exact) mass is 428 g/mol. The summed E-state index contributed by atoms with van der Waals surface area (Å²) in [6.45, 7) is 1.26. The Bertz CT molecular complexity index is 1020. The molecule has 1 heterocycles. The number of nitrogens with zero attached hydrogens (tertiary/aromatic N) is 3. The molecule has 0 saturated heterocycles. The molecule has 1 N–H and O–H groups in total. The predicted octanol–water partition coefficient (Wildman–Crippen LogP) is 3.50. The van der Waals surface area contributed by atoms with E-state index in [1.165, 1.54) is 0 Å². The van der Waals surface area contributed by atoms with Crippen LogP contribution >= 0.6 is 11.6 Å². The van der Waals surface area contributed by atoms with Gasteiger partial charge in [-0.15, -0.1) is 0 Å². The highest BCUT2D eigenvalue weighted by Gasteiger charge is 2.19. The summed E-state index contributed by atoms with van der Waals surface area (Å²) in [5.41, 5.74) is 2.52. The van der Waals surface area contributed by atoms with Gasteiger partial charge in [-0.05, 0) is 56.6 Å². The molecule has 0 saturated carbocycles. The lowest BCUT2D eigenvalue weighted by Gasteiger charge is -2.11. The number of methoxy groups -OCH3 is 2. The van der Waals surface area contributed by atoms with E-state index >= 15 is 0 Å². The maximum atomic E-state index is 12.9. The third kappa shape index (κ3) is 4.93. The van der Waals surface area contributed by atoms with Crippen LogP contribution in [0.5, 0.6) is 11.5 Å². The van der Waals surface area contributed by atoms with Crippen molar-refractivity contribution >= 4 is 17.5 Å². The quantitative estimate of drug-likeness (QED) is 0.594. The van der Waals surface area contributed by atoms with Crippen LogP contribution in [0.3, 0.4) is 0 Å². The first-order chi connectivity index (χ1) is 14.4. The minimum Gasteiger partial charge on any atom is -0.497 e. The Morgan fingerprint density at radius 1 is 1.10 bits per heavy atom. The van der Waals surface area contributed by atoms with Gasteiger partial charge in [0.15, 0.2) is 0 Å².